The van der Waals surface area contributed by atoms with E-state index >= 15 is 0 Å². The van der Waals surface area contributed by atoms with Gasteiger partial charge in [-0.3, -0.25) is 4.79 Å². The molecule has 2 aromatic rings. The zero-order valence-electron chi connectivity index (χ0n) is 19.5. The molecule has 0 bridgehead atoms. The molecule has 172 valence electrons. The molecule has 3 rings (SSSR count). The Morgan fingerprint density at radius 2 is 1.88 bits per heavy atom. The zero-order chi connectivity index (χ0) is 23.1. The molecule has 0 radical (unpaired) electrons. The van der Waals surface area contributed by atoms with Crippen LogP contribution in [-0.2, 0) is 16.2 Å². The van der Waals surface area contributed by atoms with Gasteiger partial charge in [-0.2, -0.15) is 0 Å². The van der Waals surface area contributed by atoms with E-state index in [9.17, 15) is 4.79 Å². The molecule has 7 nitrogen and oxygen atoms in total. The summed E-state index contributed by atoms with van der Waals surface area (Å²) in [6, 6.07) is 13.5. The molecular weight excluding hydrogens is 408 g/mol. The number of amides is 1. The van der Waals surface area contributed by atoms with Gasteiger partial charge in [0, 0.05) is 24.9 Å². The Morgan fingerprint density at radius 3 is 2.56 bits per heavy atom. The third-order valence-electron chi connectivity index (χ3n) is 5.32. The zero-order valence-corrected chi connectivity index (χ0v) is 19.5. The van der Waals surface area contributed by atoms with Gasteiger partial charge in [0.15, 0.2) is 17.6 Å². The molecule has 2 aromatic carbocycles. The Balaban J connectivity index is 1.71. The van der Waals surface area contributed by atoms with E-state index in [1.54, 1.807) is 21.3 Å². The van der Waals surface area contributed by atoms with E-state index in [-0.39, 0.29) is 17.9 Å². The van der Waals surface area contributed by atoms with Crippen molar-refractivity contribution in [2.45, 2.75) is 39.3 Å². The Morgan fingerprint density at radius 1 is 1.09 bits per heavy atom. The Bertz CT molecular complexity index is 957. The fraction of sp³-hybridized carbons (Fsp3) is 0.440. The predicted molar refractivity (Wildman–Crippen MR) is 123 cm³/mol. The van der Waals surface area contributed by atoms with E-state index in [2.05, 4.69) is 5.16 Å². The number of carbonyl (C=O) groups excluding carboxylic acids is 1. The number of ether oxygens (including phenoxy) is 3. The predicted octanol–water partition coefficient (Wildman–Crippen LogP) is 4.28. The summed E-state index contributed by atoms with van der Waals surface area (Å²) in [6.07, 6.45) is 0.888. The molecule has 0 fully saturated rings. The van der Waals surface area contributed by atoms with Crippen LogP contribution in [0, 0.1) is 5.92 Å². The minimum atomic E-state index is -0.209. The molecule has 0 saturated carbocycles. The summed E-state index contributed by atoms with van der Waals surface area (Å²) in [6.45, 7) is 5.05. The SMILES string of the molecule is COc1cccc(CN(CC2CC(c3ccc(OC)c(OC)c3)=NO2)C(=O)CC(C)C)c1. The molecule has 1 unspecified atom stereocenters. The van der Waals surface area contributed by atoms with Crippen LogP contribution < -0.4 is 14.2 Å². The molecule has 0 saturated heterocycles. The Hall–Kier alpha value is -3.22. The Labute approximate surface area is 189 Å². The third kappa shape index (κ3) is 5.93. The van der Waals surface area contributed by atoms with Crippen LogP contribution in [0.1, 0.15) is 37.8 Å². The summed E-state index contributed by atoms with van der Waals surface area (Å²) in [5.74, 6) is 2.46. The summed E-state index contributed by atoms with van der Waals surface area (Å²) in [7, 11) is 4.85. The first-order valence-electron chi connectivity index (χ1n) is 10.8. The quantitative estimate of drug-likeness (QED) is 0.552. The lowest BCUT2D eigenvalue weighted by atomic mass is 10.0. The van der Waals surface area contributed by atoms with Crippen molar-refractivity contribution < 1.29 is 23.8 Å². The van der Waals surface area contributed by atoms with Gasteiger partial charge in [-0.25, -0.2) is 0 Å². The van der Waals surface area contributed by atoms with Crippen molar-refractivity contribution in [3.8, 4) is 17.2 Å². The number of nitrogens with zero attached hydrogens (tertiary/aromatic N) is 2. The van der Waals surface area contributed by atoms with Crippen molar-refractivity contribution in [1.82, 2.24) is 4.90 Å². The normalized spacial score (nSPS) is 15.2. The fourth-order valence-corrected chi connectivity index (χ4v) is 3.68. The maximum atomic E-state index is 13.0. The molecular formula is C25H32N2O5. The van der Waals surface area contributed by atoms with Gasteiger partial charge in [0.1, 0.15) is 5.75 Å². The van der Waals surface area contributed by atoms with Crippen LogP contribution in [-0.4, -0.2) is 50.5 Å². The molecule has 0 aliphatic carbocycles. The summed E-state index contributed by atoms with van der Waals surface area (Å²) < 4.78 is 16.0. The lowest BCUT2D eigenvalue weighted by Gasteiger charge is -2.26. The van der Waals surface area contributed by atoms with Gasteiger partial charge in [-0.1, -0.05) is 31.1 Å². The highest BCUT2D eigenvalue weighted by atomic mass is 16.6. The van der Waals surface area contributed by atoms with E-state index in [1.807, 2.05) is 61.2 Å². The molecule has 1 atom stereocenters. The number of methoxy groups -OCH3 is 3. The molecule has 32 heavy (non-hydrogen) atoms. The topological polar surface area (TPSA) is 69.6 Å². The average Bonchev–Trinajstić information content (AvgIpc) is 3.26. The first-order chi connectivity index (χ1) is 15.4. The number of rotatable bonds is 10. The smallest absolute Gasteiger partial charge is 0.223 e. The van der Waals surface area contributed by atoms with Crippen molar-refractivity contribution in [3.63, 3.8) is 0 Å². The molecule has 0 N–H and O–H groups in total. The number of oxime groups is 1. The minimum absolute atomic E-state index is 0.103. The summed E-state index contributed by atoms with van der Waals surface area (Å²) >= 11 is 0. The van der Waals surface area contributed by atoms with Crippen LogP contribution in [0.25, 0.3) is 0 Å². The maximum Gasteiger partial charge on any atom is 0.223 e. The molecule has 1 amide bonds. The second-order valence-corrected chi connectivity index (χ2v) is 8.26. The second kappa shape index (κ2) is 10.9. The summed E-state index contributed by atoms with van der Waals surface area (Å²) in [4.78, 5) is 20.5. The van der Waals surface area contributed by atoms with E-state index in [0.29, 0.717) is 37.4 Å². The standard InChI is InChI=1S/C25H32N2O5/c1-17(2)11-25(28)27(15-18-7-6-8-20(12-18)29-3)16-21-14-22(26-32-21)19-9-10-23(30-4)24(13-19)31-5/h6-10,12-13,17,21H,11,14-16H2,1-5H3. The highest BCUT2D eigenvalue weighted by molar-refractivity contribution is 6.01. The summed E-state index contributed by atoms with van der Waals surface area (Å²) in [5.41, 5.74) is 2.76. The van der Waals surface area contributed by atoms with E-state index in [0.717, 1.165) is 22.6 Å². The number of benzene rings is 2. The van der Waals surface area contributed by atoms with Gasteiger partial charge in [0.05, 0.1) is 33.6 Å². The fourth-order valence-electron chi connectivity index (χ4n) is 3.68. The van der Waals surface area contributed by atoms with Crippen molar-refractivity contribution in [3.05, 3.63) is 53.6 Å². The second-order valence-electron chi connectivity index (χ2n) is 8.26. The third-order valence-corrected chi connectivity index (χ3v) is 5.32. The van der Waals surface area contributed by atoms with Crippen molar-refractivity contribution in [2.24, 2.45) is 11.1 Å². The number of hydrogen-bond acceptors (Lipinski definition) is 6. The number of hydrogen-bond donors (Lipinski definition) is 0. The molecule has 0 aromatic heterocycles. The van der Waals surface area contributed by atoms with Crippen LogP contribution >= 0.6 is 0 Å². The Kier molecular flexibility index (Phi) is 7.98. The van der Waals surface area contributed by atoms with Gasteiger partial charge in [0.25, 0.3) is 0 Å². The maximum absolute atomic E-state index is 13.0. The van der Waals surface area contributed by atoms with Crippen LogP contribution in [0.2, 0.25) is 0 Å². The van der Waals surface area contributed by atoms with E-state index < -0.39 is 0 Å². The summed E-state index contributed by atoms with van der Waals surface area (Å²) in [5, 5.41) is 4.29. The number of carbonyl (C=O) groups is 1. The highest BCUT2D eigenvalue weighted by Gasteiger charge is 2.27. The van der Waals surface area contributed by atoms with Gasteiger partial charge in [-0.15, -0.1) is 0 Å². The highest BCUT2D eigenvalue weighted by Crippen LogP contribution is 2.30. The van der Waals surface area contributed by atoms with Gasteiger partial charge >= 0.3 is 0 Å². The first-order valence-corrected chi connectivity index (χ1v) is 10.8. The van der Waals surface area contributed by atoms with E-state index in [1.165, 1.54) is 0 Å². The molecule has 7 heteroatoms. The monoisotopic (exact) mass is 440 g/mol. The lowest BCUT2D eigenvalue weighted by molar-refractivity contribution is -0.134. The lowest BCUT2D eigenvalue weighted by Crippen LogP contribution is -2.37. The van der Waals surface area contributed by atoms with Crippen LogP contribution in [0.15, 0.2) is 47.6 Å². The van der Waals surface area contributed by atoms with Gasteiger partial charge in [-0.05, 0) is 41.8 Å². The van der Waals surface area contributed by atoms with Crippen LogP contribution in [0.4, 0.5) is 0 Å². The first kappa shape index (κ1) is 23.4. The van der Waals surface area contributed by atoms with Crippen molar-refractivity contribution in [2.75, 3.05) is 27.9 Å². The van der Waals surface area contributed by atoms with Crippen molar-refractivity contribution >= 4 is 11.6 Å². The molecule has 1 heterocycles. The minimum Gasteiger partial charge on any atom is -0.497 e. The van der Waals surface area contributed by atoms with Crippen LogP contribution in [0.5, 0.6) is 17.2 Å². The van der Waals surface area contributed by atoms with Gasteiger partial charge < -0.3 is 23.9 Å². The van der Waals surface area contributed by atoms with Crippen LogP contribution in [0.3, 0.4) is 0 Å². The molecule has 0 spiro atoms. The molecule has 1 aliphatic heterocycles. The van der Waals surface area contributed by atoms with E-state index in [4.69, 9.17) is 19.0 Å². The average molecular weight is 441 g/mol. The van der Waals surface area contributed by atoms with Gasteiger partial charge in [0.2, 0.25) is 5.91 Å². The van der Waals surface area contributed by atoms with Crippen molar-refractivity contribution in [1.29, 1.82) is 0 Å². The molecule has 1 aliphatic rings. The largest absolute Gasteiger partial charge is 0.497 e.